The van der Waals surface area contributed by atoms with E-state index in [1.54, 1.807) is 23.0 Å². The van der Waals surface area contributed by atoms with Crippen molar-refractivity contribution in [1.29, 1.82) is 5.26 Å². The van der Waals surface area contributed by atoms with Gasteiger partial charge in [-0.15, -0.1) is 0 Å². The number of imidazole rings is 1. The Morgan fingerprint density at radius 3 is 2.67 bits per heavy atom. The lowest BCUT2D eigenvalue weighted by Crippen LogP contribution is -2.05. The number of nitrogens with zero attached hydrogens (tertiary/aromatic N) is 5. The Morgan fingerprint density at radius 2 is 1.95 bits per heavy atom. The SMILES string of the molecule is Cc1cc(C#N)nc(-n2ccnc2-c2ccc(N)cc2)n1. The average molecular weight is 276 g/mol. The lowest BCUT2D eigenvalue weighted by Gasteiger charge is -2.07. The predicted octanol–water partition coefficient (Wildman–Crippen LogP) is 2.09. The quantitative estimate of drug-likeness (QED) is 0.723. The van der Waals surface area contributed by atoms with Crippen molar-refractivity contribution >= 4 is 5.69 Å². The Labute approximate surface area is 121 Å². The van der Waals surface area contributed by atoms with Gasteiger partial charge in [-0.2, -0.15) is 5.26 Å². The average Bonchev–Trinajstić information content (AvgIpc) is 2.97. The van der Waals surface area contributed by atoms with E-state index in [9.17, 15) is 0 Å². The zero-order chi connectivity index (χ0) is 14.8. The first-order valence-electron chi connectivity index (χ1n) is 6.33. The zero-order valence-electron chi connectivity index (χ0n) is 11.4. The van der Waals surface area contributed by atoms with E-state index in [0.717, 1.165) is 11.3 Å². The van der Waals surface area contributed by atoms with Crippen LogP contribution in [0.1, 0.15) is 11.4 Å². The fourth-order valence-electron chi connectivity index (χ4n) is 2.03. The maximum absolute atomic E-state index is 9.02. The van der Waals surface area contributed by atoms with Crippen LogP contribution in [-0.4, -0.2) is 19.5 Å². The number of benzene rings is 1. The molecule has 2 N–H and O–H groups in total. The minimum Gasteiger partial charge on any atom is -0.399 e. The second kappa shape index (κ2) is 5.06. The molecule has 0 aliphatic heterocycles. The molecular weight excluding hydrogens is 264 g/mol. The van der Waals surface area contributed by atoms with E-state index in [1.165, 1.54) is 0 Å². The smallest absolute Gasteiger partial charge is 0.236 e. The van der Waals surface area contributed by atoms with Gasteiger partial charge in [-0.1, -0.05) is 0 Å². The maximum atomic E-state index is 9.02. The molecule has 0 radical (unpaired) electrons. The minimum absolute atomic E-state index is 0.328. The summed E-state index contributed by atoms with van der Waals surface area (Å²) in [5.74, 6) is 1.13. The molecule has 0 saturated heterocycles. The summed E-state index contributed by atoms with van der Waals surface area (Å²) < 4.78 is 1.75. The first kappa shape index (κ1) is 12.8. The van der Waals surface area contributed by atoms with Gasteiger partial charge in [-0.25, -0.2) is 15.0 Å². The Hall–Kier alpha value is -3.20. The largest absolute Gasteiger partial charge is 0.399 e. The van der Waals surface area contributed by atoms with Crippen molar-refractivity contribution in [2.45, 2.75) is 6.92 Å². The van der Waals surface area contributed by atoms with Crippen molar-refractivity contribution in [3.8, 4) is 23.4 Å². The Kier molecular flexibility index (Phi) is 3.09. The second-order valence-electron chi connectivity index (χ2n) is 4.55. The molecule has 0 fully saturated rings. The second-order valence-corrected chi connectivity index (χ2v) is 4.55. The van der Waals surface area contributed by atoms with Gasteiger partial charge in [0.15, 0.2) is 0 Å². The van der Waals surface area contributed by atoms with Crippen LogP contribution in [0.15, 0.2) is 42.7 Å². The van der Waals surface area contributed by atoms with Crippen molar-refractivity contribution in [3.63, 3.8) is 0 Å². The number of nitrogen functional groups attached to an aromatic ring is 1. The molecule has 3 aromatic rings. The number of nitrogens with two attached hydrogens (primary N) is 1. The Bertz CT molecular complexity index is 826. The van der Waals surface area contributed by atoms with Gasteiger partial charge >= 0.3 is 0 Å². The molecule has 6 heteroatoms. The van der Waals surface area contributed by atoms with Crippen LogP contribution in [0, 0.1) is 18.3 Å². The number of hydrogen-bond acceptors (Lipinski definition) is 5. The molecule has 0 spiro atoms. The molecule has 0 saturated carbocycles. The van der Waals surface area contributed by atoms with E-state index in [2.05, 4.69) is 15.0 Å². The van der Waals surface area contributed by atoms with Crippen LogP contribution >= 0.6 is 0 Å². The normalized spacial score (nSPS) is 10.3. The number of hydrogen-bond donors (Lipinski definition) is 1. The molecule has 0 aliphatic rings. The Morgan fingerprint density at radius 1 is 1.19 bits per heavy atom. The molecule has 2 heterocycles. The third kappa shape index (κ3) is 2.44. The predicted molar refractivity (Wildman–Crippen MR) is 78.5 cm³/mol. The molecule has 0 aliphatic carbocycles. The van der Waals surface area contributed by atoms with Crippen LogP contribution in [-0.2, 0) is 0 Å². The fraction of sp³-hybridized carbons (Fsp3) is 0.0667. The monoisotopic (exact) mass is 276 g/mol. The van der Waals surface area contributed by atoms with E-state index in [4.69, 9.17) is 11.0 Å². The summed E-state index contributed by atoms with van der Waals surface area (Å²) in [7, 11) is 0. The molecule has 102 valence electrons. The number of nitriles is 1. The van der Waals surface area contributed by atoms with E-state index in [0.29, 0.717) is 23.2 Å². The highest BCUT2D eigenvalue weighted by molar-refractivity contribution is 5.60. The topological polar surface area (TPSA) is 93.4 Å². The first-order chi connectivity index (χ1) is 10.2. The summed E-state index contributed by atoms with van der Waals surface area (Å²) in [6, 6.07) is 11.1. The van der Waals surface area contributed by atoms with Crippen LogP contribution in [0.2, 0.25) is 0 Å². The van der Waals surface area contributed by atoms with E-state index >= 15 is 0 Å². The molecule has 0 atom stereocenters. The third-order valence-electron chi connectivity index (χ3n) is 2.98. The summed E-state index contributed by atoms with van der Waals surface area (Å²) in [6.07, 6.45) is 3.44. The van der Waals surface area contributed by atoms with E-state index in [1.807, 2.05) is 37.3 Å². The van der Waals surface area contributed by atoms with Gasteiger partial charge in [-0.05, 0) is 37.3 Å². The van der Waals surface area contributed by atoms with Gasteiger partial charge in [0.2, 0.25) is 5.95 Å². The lowest BCUT2D eigenvalue weighted by molar-refractivity contribution is 0.910. The molecule has 21 heavy (non-hydrogen) atoms. The molecule has 1 aromatic carbocycles. The van der Waals surface area contributed by atoms with Crippen molar-refractivity contribution in [2.24, 2.45) is 0 Å². The van der Waals surface area contributed by atoms with Gasteiger partial charge in [0.25, 0.3) is 0 Å². The molecule has 0 amide bonds. The molecule has 6 nitrogen and oxygen atoms in total. The molecular formula is C15H12N6. The molecule has 0 unspecified atom stereocenters. The number of aryl methyl sites for hydroxylation is 1. The summed E-state index contributed by atoms with van der Waals surface area (Å²) in [4.78, 5) is 12.9. The van der Waals surface area contributed by atoms with Gasteiger partial charge in [0, 0.05) is 29.3 Å². The van der Waals surface area contributed by atoms with Crippen molar-refractivity contribution < 1.29 is 0 Å². The maximum Gasteiger partial charge on any atom is 0.236 e. The summed E-state index contributed by atoms with van der Waals surface area (Å²) in [5, 5.41) is 9.02. The van der Waals surface area contributed by atoms with Crippen LogP contribution in [0.3, 0.4) is 0 Å². The summed E-state index contributed by atoms with van der Waals surface area (Å²) >= 11 is 0. The van der Waals surface area contributed by atoms with Crippen molar-refractivity contribution in [2.75, 3.05) is 5.73 Å². The number of aromatic nitrogens is 4. The molecule has 2 aromatic heterocycles. The standard InChI is InChI=1S/C15H12N6/c1-10-8-13(9-16)20-15(19-10)21-7-6-18-14(21)11-2-4-12(17)5-3-11/h2-8H,17H2,1H3. The first-order valence-corrected chi connectivity index (χ1v) is 6.33. The minimum atomic E-state index is 0.328. The molecule has 0 bridgehead atoms. The van der Waals surface area contributed by atoms with Crippen LogP contribution in [0.25, 0.3) is 17.3 Å². The summed E-state index contributed by atoms with van der Waals surface area (Å²) in [6.45, 7) is 1.83. The highest BCUT2D eigenvalue weighted by Gasteiger charge is 2.11. The number of anilines is 1. The third-order valence-corrected chi connectivity index (χ3v) is 2.98. The van der Waals surface area contributed by atoms with Crippen molar-refractivity contribution in [1.82, 2.24) is 19.5 Å². The van der Waals surface area contributed by atoms with Gasteiger partial charge in [0.1, 0.15) is 17.6 Å². The van der Waals surface area contributed by atoms with Gasteiger partial charge < -0.3 is 5.73 Å². The zero-order valence-corrected chi connectivity index (χ0v) is 11.4. The van der Waals surface area contributed by atoms with Crippen LogP contribution < -0.4 is 5.73 Å². The van der Waals surface area contributed by atoms with Gasteiger partial charge in [-0.3, -0.25) is 4.57 Å². The lowest BCUT2D eigenvalue weighted by atomic mass is 10.2. The summed E-state index contributed by atoms with van der Waals surface area (Å²) in [5.41, 5.74) is 8.35. The Balaban J connectivity index is 2.13. The van der Waals surface area contributed by atoms with Crippen molar-refractivity contribution in [3.05, 3.63) is 54.1 Å². The molecule has 3 rings (SSSR count). The number of rotatable bonds is 2. The van der Waals surface area contributed by atoms with Crippen LogP contribution in [0.4, 0.5) is 5.69 Å². The highest BCUT2D eigenvalue weighted by Crippen LogP contribution is 2.21. The van der Waals surface area contributed by atoms with Crippen LogP contribution in [0.5, 0.6) is 0 Å². The van der Waals surface area contributed by atoms with E-state index in [-0.39, 0.29) is 0 Å². The highest BCUT2D eigenvalue weighted by atomic mass is 15.2. The van der Waals surface area contributed by atoms with Gasteiger partial charge in [0.05, 0.1) is 0 Å². The fourth-order valence-corrected chi connectivity index (χ4v) is 2.03. The van der Waals surface area contributed by atoms with E-state index < -0.39 is 0 Å².